The molecule has 0 saturated heterocycles. The fourth-order valence-electron chi connectivity index (χ4n) is 8.21. The second-order valence-corrected chi connectivity index (χ2v) is 8.97. The van der Waals surface area contributed by atoms with Crippen LogP contribution in [0, 0.1) is 34.5 Å². The van der Waals surface area contributed by atoms with E-state index < -0.39 is 0 Å². The standard InChI is InChI=1S/C21H17N3O3/c1-27-11-7-8-20-15-12-13-14(12)17(21(15,20)9-11)24-19(26)22(10-5-3-2-4-6-10)18(25)23(24)16(13)20/h2-9,12-17H,1H3/t12-,13-,14+,15+,16+,17+,20+,21-/m1/s1. The van der Waals surface area contributed by atoms with Crippen LogP contribution in [0.15, 0.2) is 63.9 Å². The lowest BCUT2D eigenvalue weighted by Crippen LogP contribution is -2.52. The van der Waals surface area contributed by atoms with Crippen LogP contribution in [0.25, 0.3) is 5.69 Å². The van der Waals surface area contributed by atoms with Gasteiger partial charge >= 0.3 is 11.4 Å². The largest absolute Gasteiger partial charge is 0.497 e. The van der Waals surface area contributed by atoms with Gasteiger partial charge < -0.3 is 4.74 Å². The van der Waals surface area contributed by atoms with Crippen LogP contribution in [-0.2, 0) is 4.74 Å². The van der Waals surface area contributed by atoms with Gasteiger partial charge in [0, 0.05) is 10.8 Å². The highest BCUT2D eigenvalue weighted by Gasteiger charge is 3.02. The van der Waals surface area contributed by atoms with Crippen LogP contribution in [0.3, 0.4) is 0 Å². The van der Waals surface area contributed by atoms with Crippen molar-refractivity contribution in [3.8, 4) is 5.69 Å². The van der Waals surface area contributed by atoms with Gasteiger partial charge in [-0.15, -0.1) is 0 Å². The Bertz CT molecular complexity index is 1260. The van der Waals surface area contributed by atoms with E-state index in [1.54, 1.807) is 7.11 Å². The minimum Gasteiger partial charge on any atom is -0.497 e. The highest BCUT2D eigenvalue weighted by Crippen LogP contribution is 3.03. The predicted octanol–water partition coefficient (Wildman–Crippen LogP) is 1.49. The van der Waals surface area contributed by atoms with Gasteiger partial charge in [-0.05, 0) is 48.0 Å². The molecule has 2 aromatic rings. The van der Waals surface area contributed by atoms with Crippen molar-refractivity contribution in [2.45, 2.75) is 12.1 Å². The predicted molar refractivity (Wildman–Crippen MR) is 95.4 cm³/mol. The number of benzene rings is 1. The Labute approximate surface area is 154 Å². The zero-order chi connectivity index (χ0) is 17.9. The number of allylic oxidation sites excluding steroid dienone is 3. The molecule has 0 amide bonds. The fraction of sp³-hybridized carbons (Fsp3) is 0.429. The van der Waals surface area contributed by atoms with E-state index in [4.69, 9.17) is 4.74 Å². The quantitative estimate of drug-likeness (QED) is 0.816. The van der Waals surface area contributed by atoms with E-state index in [1.807, 2.05) is 39.7 Å². The number of ether oxygens (including phenoxy) is 1. The summed E-state index contributed by atoms with van der Waals surface area (Å²) in [4.78, 5) is 26.8. The lowest BCUT2D eigenvalue weighted by Gasteiger charge is -2.47. The number of hydrogen-bond donors (Lipinski definition) is 0. The Morgan fingerprint density at radius 1 is 0.926 bits per heavy atom. The first-order chi connectivity index (χ1) is 13.2. The number of nitrogens with zero attached hydrogens (tertiary/aromatic N) is 3. The molecule has 9 rings (SSSR count). The third-order valence-electron chi connectivity index (χ3n) is 8.67. The highest BCUT2D eigenvalue weighted by molar-refractivity contribution is 5.58. The van der Waals surface area contributed by atoms with Crippen molar-refractivity contribution >= 4 is 0 Å². The minimum absolute atomic E-state index is 0.0168. The SMILES string of the molecule is COC1=C[C@@]23[C@H]4[C@@H]5[C@@H]6[C@H]5[C@@H]2n2c(=O)n(-c5ccccc5)c(=O)n2[C@@H]6[C@]43C=C1. The van der Waals surface area contributed by atoms with Gasteiger partial charge in [0.05, 0.1) is 24.9 Å². The highest BCUT2D eigenvalue weighted by atomic mass is 16.5. The average molecular weight is 359 g/mol. The lowest BCUT2D eigenvalue weighted by molar-refractivity contribution is 0.0417. The van der Waals surface area contributed by atoms with Gasteiger partial charge in [0.15, 0.2) is 0 Å². The lowest BCUT2D eigenvalue weighted by atomic mass is 9.69. The van der Waals surface area contributed by atoms with Crippen molar-refractivity contribution in [1.82, 2.24) is 13.9 Å². The maximum Gasteiger partial charge on any atom is 0.352 e. The van der Waals surface area contributed by atoms with E-state index in [0.717, 1.165) is 5.76 Å². The normalized spacial score (nSPS) is 47.4. The maximum absolute atomic E-state index is 13.4. The topological polar surface area (TPSA) is 58.2 Å². The molecule has 5 aliphatic carbocycles. The molecule has 134 valence electrons. The molecule has 8 atom stereocenters. The van der Waals surface area contributed by atoms with Gasteiger partial charge in [0.2, 0.25) is 0 Å². The summed E-state index contributed by atoms with van der Waals surface area (Å²) in [6.45, 7) is 0. The number of methoxy groups -OCH3 is 1. The summed E-state index contributed by atoms with van der Waals surface area (Å²) < 4.78 is 10.5. The zero-order valence-corrected chi connectivity index (χ0v) is 14.6. The summed E-state index contributed by atoms with van der Waals surface area (Å²) in [7, 11) is 1.70. The molecule has 1 aromatic carbocycles. The fourth-order valence-corrected chi connectivity index (χ4v) is 8.21. The van der Waals surface area contributed by atoms with Gasteiger partial charge in [0.1, 0.15) is 5.76 Å². The molecule has 0 radical (unpaired) electrons. The number of para-hydroxylation sites is 1. The zero-order valence-electron chi connectivity index (χ0n) is 14.6. The minimum atomic E-state index is -0.192. The van der Waals surface area contributed by atoms with E-state index in [2.05, 4.69) is 18.2 Å². The van der Waals surface area contributed by atoms with Gasteiger partial charge in [0.25, 0.3) is 0 Å². The Morgan fingerprint density at radius 2 is 1.59 bits per heavy atom. The summed E-state index contributed by atoms with van der Waals surface area (Å²) in [6.07, 6.45) is 6.65. The Hall–Kier alpha value is -2.76. The molecular weight excluding hydrogens is 342 g/mol. The molecule has 7 aliphatic rings. The molecule has 6 heteroatoms. The van der Waals surface area contributed by atoms with Crippen molar-refractivity contribution in [2.75, 3.05) is 7.11 Å². The molecule has 4 fully saturated rings. The summed E-state index contributed by atoms with van der Waals surface area (Å²) in [6, 6.07) is 9.48. The molecule has 0 N–H and O–H groups in total. The van der Waals surface area contributed by atoms with Gasteiger partial charge in [-0.1, -0.05) is 24.3 Å². The van der Waals surface area contributed by atoms with Crippen LogP contribution < -0.4 is 11.4 Å². The Morgan fingerprint density at radius 3 is 2.26 bits per heavy atom. The van der Waals surface area contributed by atoms with Crippen LogP contribution in [0.2, 0.25) is 0 Å². The summed E-state index contributed by atoms with van der Waals surface area (Å²) in [5.41, 5.74) is 0.264. The first-order valence-electron chi connectivity index (χ1n) is 9.66. The Kier molecular flexibility index (Phi) is 1.74. The number of hydrogen-bond acceptors (Lipinski definition) is 3. The van der Waals surface area contributed by atoms with Crippen molar-refractivity contribution in [3.05, 3.63) is 75.3 Å². The monoisotopic (exact) mass is 359 g/mol. The van der Waals surface area contributed by atoms with Crippen molar-refractivity contribution < 1.29 is 4.74 Å². The van der Waals surface area contributed by atoms with E-state index in [0.29, 0.717) is 29.4 Å². The first kappa shape index (κ1) is 13.4. The number of rotatable bonds is 2. The molecule has 2 spiro atoms. The molecule has 6 nitrogen and oxygen atoms in total. The van der Waals surface area contributed by atoms with Crippen LogP contribution in [0.1, 0.15) is 12.1 Å². The smallest absolute Gasteiger partial charge is 0.352 e. The van der Waals surface area contributed by atoms with Gasteiger partial charge in [-0.25, -0.2) is 23.5 Å². The van der Waals surface area contributed by atoms with Crippen molar-refractivity contribution in [3.63, 3.8) is 0 Å². The molecule has 1 aromatic heterocycles. The molecule has 2 bridgehead atoms. The summed E-state index contributed by atoms with van der Waals surface area (Å²) >= 11 is 0. The molecule has 2 aliphatic heterocycles. The molecule has 0 unspecified atom stereocenters. The van der Waals surface area contributed by atoms with Gasteiger partial charge in [-0.3, -0.25) is 0 Å². The van der Waals surface area contributed by atoms with Crippen LogP contribution in [0.4, 0.5) is 0 Å². The van der Waals surface area contributed by atoms with Crippen LogP contribution >= 0.6 is 0 Å². The molecule has 4 saturated carbocycles. The van der Waals surface area contributed by atoms with Crippen molar-refractivity contribution in [1.29, 1.82) is 0 Å². The second kappa shape index (κ2) is 3.51. The van der Waals surface area contributed by atoms with E-state index in [1.165, 1.54) is 4.57 Å². The average Bonchev–Trinajstić information content (AvgIpc) is 3.46. The summed E-state index contributed by atoms with van der Waals surface area (Å²) in [5.74, 6) is 3.23. The third kappa shape index (κ3) is 0.984. The third-order valence-corrected chi connectivity index (χ3v) is 8.67. The number of aromatic nitrogens is 3. The van der Waals surface area contributed by atoms with Crippen LogP contribution in [-0.4, -0.2) is 21.0 Å². The second-order valence-electron chi connectivity index (χ2n) is 8.97. The Balaban J connectivity index is 1.46. The molecular formula is C21H17N3O3. The van der Waals surface area contributed by atoms with Crippen molar-refractivity contribution in [2.24, 2.45) is 34.5 Å². The van der Waals surface area contributed by atoms with E-state index in [-0.39, 0.29) is 34.3 Å². The van der Waals surface area contributed by atoms with E-state index >= 15 is 0 Å². The summed E-state index contributed by atoms with van der Waals surface area (Å²) in [5, 5.41) is 0. The van der Waals surface area contributed by atoms with Gasteiger partial charge in [-0.2, -0.15) is 0 Å². The molecule has 27 heavy (non-hydrogen) atoms. The maximum atomic E-state index is 13.4. The molecule has 3 heterocycles. The van der Waals surface area contributed by atoms with E-state index in [9.17, 15) is 9.59 Å². The van der Waals surface area contributed by atoms with Crippen LogP contribution in [0.5, 0.6) is 0 Å². The first-order valence-corrected chi connectivity index (χ1v) is 9.66.